The van der Waals surface area contributed by atoms with Gasteiger partial charge in [0, 0.05) is 20.7 Å². The van der Waals surface area contributed by atoms with Crippen LogP contribution in [0.3, 0.4) is 0 Å². The van der Waals surface area contributed by atoms with Crippen molar-refractivity contribution in [2.24, 2.45) is 5.41 Å². The molecule has 0 aliphatic carbocycles. The second-order valence-electron chi connectivity index (χ2n) is 6.17. The monoisotopic (exact) mass is 242 g/mol. The van der Waals surface area contributed by atoms with E-state index in [0.29, 0.717) is 0 Å². The summed E-state index contributed by atoms with van der Waals surface area (Å²) in [4.78, 5) is 14.3. The van der Waals surface area contributed by atoms with Crippen molar-refractivity contribution in [2.45, 2.75) is 39.2 Å². The molecule has 1 saturated heterocycles. The molecule has 1 rings (SSSR count). The van der Waals surface area contributed by atoms with Crippen molar-refractivity contribution in [1.82, 2.24) is 10.2 Å². The van der Waals surface area contributed by atoms with Gasteiger partial charge in [-0.1, -0.05) is 20.8 Å². The maximum Gasteiger partial charge on any atom is 0.254 e. The first-order chi connectivity index (χ1) is 7.81. The Kier molecular flexibility index (Phi) is 4.55. The van der Waals surface area contributed by atoms with E-state index in [-0.39, 0.29) is 11.3 Å². The fraction of sp³-hybridized carbons (Fsp3) is 0.923. The fourth-order valence-corrected chi connectivity index (χ4v) is 2.47. The van der Waals surface area contributed by atoms with Gasteiger partial charge in [-0.3, -0.25) is 4.79 Å². The summed E-state index contributed by atoms with van der Waals surface area (Å²) in [5.41, 5.74) is -0.489. The van der Waals surface area contributed by atoms with Gasteiger partial charge in [0.25, 0.3) is 5.91 Å². The minimum atomic E-state index is -0.606. The lowest BCUT2D eigenvalue weighted by atomic mass is 9.89. The highest BCUT2D eigenvalue weighted by atomic mass is 16.5. The molecule has 0 unspecified atom stereocenters. The molecule has 1 amide bonds. The number of hydrogen-bond acceptors (Lipinski definition) is 3. The number of carbonyl (C=O) groups is 1. The molecule has 1 fully saturated rings. The van der Waals surface area contributed by atoms with E-state index >= 15 is 0 Å². The fourth-order valence-electron chi connectivity index (χ4n) is 2.47. The SMILES string of the molecule is COC1(C(=O)N(C)CC(C)(C)C)CCNCC1. The van der Waals surface area contributed by atoms with Crippen molar-refractivity contribution < 1.29 is 9.53 Å². The standard InChI is InChI=1S/C13H26N2O2/c1-12(2,3)10-15(4)11(16)13(17-5)6-8-14-9-7-13/h14H,6-10H2,1-5H3. The van der Waals surface area contributed by atoms with E-state index in [1.807, 2.05) is 11.9 Å². The summed E-state index contributed by atoms with van der Waals surface area (Å²) in [7, 11) is 3.52. The molecule has 4 nitrogen and oxygen atoms in total. The van der Waals surface area contributed by atoms with Gasteiger partial charge in [0.05, 0.1) is 0 Å². The van der Waals surface area contributed by atoms with Crippen LogP contribution in [0.4, 0.5) is 0 Å². The second kappa shape index (κ2) is 5.36. The Labute approximate surface area is 105 Å². The van der Waals surface area contributed by atoms with Crippen molar-refractivity contribution in [3.8, 4) is 0 Å². The smallest absolute Gasteiger partial charge is 0.254 e. The number of carbonyl (C=O) groups excluding carboxylic acids is 1. The zero-order valence-corrected chi connectivity index (χ0v) is 11.8. The summed E-state index contributed by atoms with van der Waals surface area (Å²) >= 11 is 0. The predicted molar refractivity (Wildman–Crippen MR) is 68.9 cm³/mol. The van der Waals surface area contributed by atoms with Crippen LogP contribution in [0.5, 0.6) is 0 Å². The van der Waals surface area contributed by atoms with E-state index in [4.69, 9.17) is 4.74 Å². The minimum Gasteiger partial charge on any atom is -0.368 e. The summed E-state index contributed by atoms with van der Waals surface area (Å²) < 4.78 is 5.54. The molecule has 0 atom stereocenters. The number of piperidine rings is 1. The predicted octanol–water partition coefficient (Wildman–Crippen LogP) is 1.26. The summed E-state index contributed by atoms with van der Waals surface area (Å²) in [6, 6.07) is 0. The first-order valence-electron chi connectivity index (χ1n) is 6.32. The van der Waals surface area contributed by atoms with E-state index in [1.165, 1.54) is 0 Å². The number of likely N-dealkylation sites (N-methyl/N-ethyl adjacent to an activating group) is 1. The Balaban J connectivity index is 2.71. The summed E-state index contributed by atoms with van der Waals surface area (Å²) in [6.45, 7) is 8.87. The molecule has 0 aromatic heterocycles. The molecule has 0 bridgehead atoms. The Morgan fingerprint density at radius 3 is 2.29 bits per heavy atom. The van der Waals surface area contributed by atoms with Crippen LogP contribution in [0, 0.1) is 5.41 Å². The van der Waals surface area contributed by atoms with Gasteiger partial charge < -0.3 is 15.0 Å². The van der Waals surface area contributed by atoms with E-state index < -0.39 is 5.60 Å². The highest BCUT2D eigenvalue weighted by molar-refractivity contribution is 5.85. The van der Waals surface area contributed by atoms with Crippen LogP contribution < -0.4 is 5.32 Å². The summed E-state index contributed by atoms with van der Waals surface area (Å²) in [6.07, 6.45) is 1.52. The molecule has 0 aromatic rings. The number of methoxy groups -OCH3 is 1. The van der Waals surface area contributed by atoms with Gasteiger partial charge in [-0.15, -0.1) is 0 Å². The largest absolute Gasteiger partial charge is 0.368 e. The molecule has 17 heavy (non-hydrogen) atoms. The van der Waals surface area contributed by atoms with Crippen LogP contribution in [-0.2, 0) is 9.53 Å². The number of ether oxygens (including phenoxy) is 1. The number of rotatable bonds is 3. The van der Waals surface area contributed by atoms with Gasteiger partial charge >= 0.3 is 0 Å². The van der Waals surface area contributed by atoms with Crippen molar-refractivity contribution in [3.05, 3.63) is 0 Å². The van der Waals surface area contributed by atoms with Crippen LogP contribution in [0.2, 0.25) is 0 Å². The molecular formula is C13H26N2O2. The molecule has 1 heterocycles. The Hall–Kier alpha value is -0.610. The van der Waals surface area contributed by atoms with Crippen molar-refractivity contribution in [1.29, 1.82) is 0 Å². The molecule has 100 valence electrons. The Morgan fingerprint density at radius 1 is 1.35 bits per heavy atom. The highest BCUT2D eigenvalue weighted by Crippen LogP contribution is 2.26. The second-order valence-corrected chi connectivity index (χ2v) is 6.17. The molecule has 0 spiro atoms. The average Bonchev–Trinajstić information content (AvgIpc) is 2.26. The molecular weight excluding hydrogens is 216 g/mol. The van der Waals surface area contributed by atoms with Crippen LogP contribution in [-0.4, -0.2) is 50.2 Å². The lowest BCUT2D eigenvalue weighted by molar-refractivity contribution is -0.158. The van der Waals surface area contributed by atoms with E-state index in [2.05, 4.69) is 26.1 Å². The van der Waals surface area contributed by atoms with E-state index in [1.54, 1.807) is 7.11 Å². The maximum absolute atomic E-state index is 12.5. The number of nitrogens with one attached hydrogen (secondary N) is 1. The third kappa shape index (κ3) is 3.68. The Bertz CT molecular complexity index is 265. The topological polar surface area (TPSA) is 41.6 Å². The average molecular weight is 242 g/mol. The lowest BCUT2D eigenvalue weighted by Gasteiger charge is -2.39. The molecule has 1 aliphatic rings. The lowest BCUT2D eigenvalue weighted by Crippen LogP contribution is -2.55. The zero-order chi connectivity index (χ0) is 13.1. The van der Waals surface area contributed by atoms with Gasteiger partial charge in [-0.2, -0.15) is 0 Å². The maximum atomic E-state index is 12.5. The minimum absolute atomic E-state index is 0.117. The third-order valence-corrected chi connectivity index (χ3v) is 3.25. The van der Waals surface area contributed by atoms with E-state index in [9.17, 15) is 4.79 Å². The molecule has 4 heteroatoms. The van der Waals surface area contributed by atoms with Gasteiger partial charge in [-0.25, -0.2) is 0 Å². The number of hydrogen-bond donors (Lipinski definition) is 1. The molecule has 0 saturated carbocycles. The van der Waals surface area contributed by atoms with Crippen LogP contribution in [0.1, 0.15) is 33.6 Å². The number of amides is 1. The molecule has 1 aliphatic heterocycles. The van der Waals surface area contributed by atoms with Crippen molar-refractivity contribution >= 4 is 5.91 Å². The summed E-state index contributed by atoms with van der Waals surface area (Å²) in [5.74, 6) is 0.122. The highest BCUT2D eigenvalue weighted by Gasteiger charge is 2.41. The van der Waals surface area contributed by atoms with Crippen LogP contribution in [0.15, 0.2) is 0 Å². The quantitative estimate of drug-likeness (QED) is 0.810. The zero-order valence-electron chi connectivity index (χ0n) is 11.8. The van der Waals surface area contributed by atoms with Gasteiger partial charge in [0.1, 0.15) is 5.60 Å². The summed E-state index contributed by atoms with van der Waals surface area (Å²) in [5, 5.41) is 3.27. The molecule has 0 aromatic carbocycles. The number of nitrogens with zero attached hydrogens (tertiary/aromatic N) is 1. The van der Waals surface area contributed by atoms with E-state index in [0.717, 1.165) is 32.5 Å². The van der Waals surface area contributed by atoms with Gasteiger partial charge in [0.2, 0.25) is 0 Å². The Morgan fingerprint density at radius 2 is 1.88 bits per heavy atom. The third-order valence-electron chi connectivity index (χ3n) is 3.25. The van der Waals surface area contributed by atoms with Crippen LogP contribution >= 0.6 is 0 Å². The van der Waals surface area contributed by atoms with Gasteiger partial charge in [0.15, 0.2) is 0 Å². The molecule has 0 radical (unpaired) electrons. The normalized spacial score (nSPS) is 20.1. The molecule has 1 N–H and O–H groups in total. The van der Waals surface area contributed by atoms with Crippen molar-refractivity contribution in [2.75, 3.05) is 33.8 Å². The van der Waals surface area contributed by atoms with Crippen LogP contribution in [0.25, 0.3) is 0 Å². The first-order valence-corrected chi connectivity index (χ1v) is 6.32. The van der Waals surface area contributed by atoms with Crippen molar-refractivity contribution in [3.63, 3.8) is 0 Å². The first kappa shape index (κ1) is 14.5. The van der Waals surface area contributed by atoms with Gasteiger partial charge in [-0.05, 0) is 31.3 Å².